The summed E-state index contributed by atoms with van der Waals surface area (Å²) in [5.41, 5.74) is 11.0. The molecular weight excluding hydrogens is 574 g/mol. The first-order chi connectivity index (χ1) is 23.3. The quantitative estimate of drug-likeness (QED) is 0.200. The zero-order valence-electron chi connectivity index (χ0n) is 25.3. The first kappa shape index (κ1) is 25.9. The van der Waals surface area contributed by atoms with Gasteiger partial charge in [-0.3, -0.25) is 5.41 Å². The molecule has 10 rings (SSSR count). The first-order valence-corrected chi connectivity index (χ1v) is 15.9. The lowest BCUT2D eigenvalue weighted by atomic mass is 9.93. The van der Waals surface area contributed by atoms with Gasteiger partial charge >= 0.3 is 0 Å². The van der Waals surface area contributed by atoms with Gasteiger partial charge in [0.15, 0.2) is 11.5 Å². The molecule has 47 heavy (non-hydrogen) atoms. The van der Waals surface area contributed by atoms with E-state index in [1.807, 2.05) is 54.6 Å². The highest BCUT2D eigenvalue weighted by Crippen LogP contribution is 2.50. The molecule has 0 saturated heterocycles. The minimum absolute atomic E-state index is 0.513. The van der Waals surface area contributed by atoms with Crippen LogP contribution in [0.15, 0.2) is 158 Å². The standard InChI is InChI=1S/C43H27N3O/c44-42(27-13-2-1-3-14-27)31-18-5-4-17-30(31)28-15-12-16-29(25-28)45-34-21-8-6-19-32(34)40-37(45)26-39-43-41(40)33-20-7-9-22-35(33)46(43)36-23-10-11-24-38(36)47-39/h1-26,44H. The van der Waals surface area contributed by atoms with Gasteiger partial charge in [-0.2, -0.15) is 0 Å². The maximum atomic E-state index is 9.10. The molecule has 1 aliphatic heterocycles. The second-order valence-corrected chi connectivity index (χ2v) is 12.1. The largest absolute Gasteiger partial charge is 0.453 e. The molecule has 220 valence electrons. The molecule has 0 amide bonds. The van der Waals surface area contributed by atoms with Gasteiger partial charge < -0.3 is 13.9 Å². The molecule has 1 N–H and O–H groups in total. The average molecular weight is 602 g/mol. The van der Waals surface area contributed by atoms with E-state index in [1.54, 1.807) is 0 Å². The number of benzene rings is 7. The number of rotatable bonds is 4. The van der Waals surface area contributed by atoms with E-state index < -0.39 is 0 Å². The summed E-state index contributed by atoms with van der Waals surface area (Å²) in [4.78, 5) is 0. The van der Waals surface area contributed by atoms with Crippen molar-refractivity contribution >= 4 is 49.3 Å². The third kappa shape index (κ3) is 3.67. The van der Waals surface area contributed by atoms with Crippen LogP contribution in [0.3, 0.4) is 0 Å². The Hall–Kier alpha value is -6.39. The number of hydrogen-bond acceptors (Lipinski definition) is 2. The van der Waals surface area contributed by atoms with Crippen molar-refractivity contribution in [3.8, 4) is 34.0 Å². The van der Waals surface area contributed by atoms with Crippen LogP contribution in [0.4, 0.5) is 0 Å². The Morgan fingerprint density at radius 3 is 2.04 bits per heavy atom. The highest BCUT2D eigenvalue weighted by molar-refractivity contribution is 6.30. The second kappa shape index (κ2) is 9.80. The number of hydrogen-bond donors (Lipinski definition) is 1. The normalized spacial score (nSPS) is 12.1. The number of fused-ring (bicyclic) bond motifs is 9. The molecule has 0 spiro atoms. The molecule has 0 saturated carbocycles. The Balaban J connectivity index is 1.26. The minimum atomic E-state index is 0.513. The Labute approximate surface area is 270 Å². The summed E-state index contributed by atoms with van der Waals surface area (Å²) in [6.45, 7) is 0. The average Bonchev–Trinajstić information content (AvgIpc) is 3.66. The monoisotopic (exact) mass is 601 g/mol. The van der Waals surface area contributed by atoms with E-state index in [0.717, 1.165) is 61.7 Å². The fourth-order valence-electron chi connectivity index (χ4n) is 7.56. The molecule has 2 aromatic heterocycles. The maximum absolute atomic E-state index is 9.10. The van der Waals surface area contributed by atoms with E-state index in [4.69, 9.17) is 10.1 Å². The van der Waals surface area contributed by atoms with Crippen LogP contribution in [0.5, 0.6) is 11.5 Å². The molecular formula is C43H27N3O. The van der Waals surface area contributed by atoms with Crippen molar-refractivity contribution in [2.24, 2.45) is 0 Å². The van der Waals surface area contributed by atoms with Crippen molar-refractivity contribution in [2.75, 3.05) is 0 Å². The summed E-state index contributed by atoms with van der Waals surface area (Å²) in [6.07, 6.45) is 0. The van der Waals surface area contributed by atoms with Gasteiger partial charge in [-0.15, -0.1) is 0 Å². The molecule has 4 heteroatoms. The van der Waals surface area contributed by atoms with Gasteiger partial charge in [0.1, 0.15) is 0 Å². The maximum Gasteiger partial charge on any atom is 0.154 e. The zero-order chi connectivity index (χ0) is 31.1. The molecule has 0 fully saturated rings. The van der Waals surface area contributed by atoms with Crippen molar-refractivity contribution < 1.29 is 4.74 Å². The highest BCUT2D eigenvalue weighted by Gasteiger charge is 2.28. The molecule has 0 aliphatic carbocycles. The third-order valence-electron chi connectivity index (χ3n) is 9.54. The molecule has 0 unspecified atom stereocenters. The van der Waals surface area contributed by atoms with Gasteiger partial charge in [-0.05, 0) is 47.5 Å². The van der Waals surface area contributed by atoms with Crippen molar-refractivity contribution in [1.29, 1.82) is 5.41 Å². The van der Waals surface area contributed by atoms with Gasteiger partial charge in [0, 0.05) is 44.4 Å². The third-order valence-corrected chi connectivity index (χ3v) is 9.54. The van der Waals surface area contributed by atoms with Crippen molar-refractivity contribution in [3.63, 3.8) is 0 Å². The van der Waals surface area contributed by atoms with E-state index in [9.17, 15) is 0 Å². The molecule has 0 radical (unpaired) electrons. The summed E-state index contributed by atoms with van der Waals surface area (Å²) in [6, 6.07) is 54.8. The summed E-state index contributed by atoms with van der Waals surface area (Å²) in [5, 5.41) is 13.9. The van der Waals surface area contributed by atoms with Gasteiger partial charge in [-0.25, -0.2) is 0 Å². The number of nitrogens with one attached hydrogen (secondary N) is 1. The van der Waals surface area contributed by atoms with E-state index in [2.05, 4.69) is 112 Å². The fraction of sp³-hybridized carbons (Fsp3) is 0. The van der Waals surface area contributed by atoms with E-state index in [-0.39, 0.29) is 0 Å². The molecule has 4 nitrogen and oxygen atoms in total. The molecule has 7 aromatic carbocycles. The number of ether oxygens (including phenoxy) is 1. The molecule has 0 bridgehead atoms. The predicted molar refractivity (Wildman–Crippen MR) is 193 cm³/mol. The summed E-state index contributed by atoms with van der Waals surface area (Å²) in [7, 11) is 0. The fourth-order valence-corrected chi connectivity index (χ4v) is 7.56. The highest BCUT2D eigenvalue weighted by atomic mass is 16.5. The van der Waals surface area contributed by atoms with Crippen LogP contribution in [0.1, 0.15) is 11.1 Å². The van der Waals surface area contributed by atoms with E-state index >= 15 is 0 Å². The number of aromatic nitrogens is 2. The molecule has 0 atom stereocenters. The summed E-state index contributed by atoms with van der Waals surface area (Å²) in [5.74, 6) is 1.70. The SMILES string of the molecule is N=C(c1ccccc1)c1ccccc1-c1cccc(-n2c3ccccc3c3c4c5ccccc5n5c4c(cc32)Oc2ccccc2-5)c1. The van der Waals surface area contributed by atoms with E-state index in [1.165, 1.54) is 27.1 Å². The lowest BCUT2D eigenvalue weighted by Gasteiger charge is -2.21. The van der Waals surface area contributed by atoms with Gasteiger partial charge in [0.25, 0.3) is 0 Å². The second-order valence-electron chi connectivity index (χ2n) is 12.1. The first-order valence-electron chi connectivity index (χ1n) is 15.9. The summed E-state index contributed by atoms with van der Waals surface area (Å²) < 4.78 is 11.4. The Morgan fingerprint density at radius 1 is 0.511 bits per heavy atom. The lowest BCUT2D eigenvalue weighted by Crippen LogP contribution is -2.04. The van der Waals surface area contributed by atoms with Gasteiger partial charge in [0.2, 0.25) is 0 Å². The van der Waals surface area contributed by atoms with Crippen LogP contribution < -0.4 is 4.74 Å². The Morgan fingerprint density at radius 2 is 1.19 bits per heavy atom. The molecule has 9 aromatic rings. The smallest absolute Gasteiger partial charge is 0.154 e. The topological polar surface area (TPSA) is 42.9 Å². The van der Waals surface area contributed by atoms with E-state index in [0.29, 0.717) is 5.71 Å². The van der Waals surface area contributed by atoms with Crippen LogP contribution >= 0.6 is 0 Å². The van der Waals surface area contributed by atoms with Crippen LogP contribution in [-0.2, 0) is 0 Å². The Kier molecular flexibility index (Phi) is 5.40. The van der Waals surface area contributed by atoms with Crippen LogP contribution in [-0.4, -0.2) is 14.8 Å². The molecule has 3 heterocycles. The van der Waals surface area contributed by atoms with Crippen molar-refractivity contribution in [2.45, 2.75) is 0 Å². The number of nitrogens with zero attached hydrogens (tertiary/aromatic N) is 2. The lowest BCUT2D eigenvalue weighted by molar-refractivity contribution is 0.477. The summed E-state index contributed by atoms with van der Waals surface area (Å²) >= 11 is 0. The molecule has 1 aliphatic rings. The van der Waals surface area contributed by atoms with Crippen LogP contribution in [0, 0.1) is 5.41 Å². The zero-order valence-corrected chi connectivity index (χ0v) is 25.3. The van der Waals surface area contributed by atoms with Gasteiger partial charge in [0.05, 0.1) is 33.5 Å². The van der Waals surface area contributed by atoms with Crippen LogP contribution in [0.2, 0.25) is 0 Å². The predicted octanol–water partition coefficient (Wildman–Crippen LogP) is 11.1. The van der Waals surface area contributed by atoms with Crippen LogP contribution in [0.25, 0.3) is 66.1 Å². The van der Waals surface area contributed by atoms with Crippen molar-refractivity contribution in [1.82, 2.24) is 9.13 Å². The van der Waals surface area contributed by atoms with Crippen molar-refractivity contribution in [3.05, 3.63) is 169 Å². The minimum Gasteiger partial charge on any atom is -0.453 e. The number of para-hydroxylation sites is 4. The Bertz CT molecular complexity index is 2730. The van der Waals surface area contributed by atoms with Gasteiger partial charge in [-0.1, -0.05) is 115 Å².